The highest BCUT2D eigenvalue weighted by Crippen LogP contribution is 2.32. The Morgan fingerprint density at radius 3 is 2.57 bits per heavy atom. The molecule has 11 nitrogen and oxygen atoms in total. The number of esters is 2. The normalized spacial score (nSPS) is 26.3. The molecule has 5 atom stereocenters. The Morgan fingerprint density at radius 1 is 1.24 bits per heavy atom. The average Bonchev–Trinajstić information content (AvgIpc) is 3.43. The third-order valence-corrected chi connectivity index (χ3v) is 9.35. The minimum absolute atomic E-state index is 0.00955. The molecular weight excluding hydrogens is 608 g/mol. The summed E-state index contributed by atoms with van der Waals surface area (Å²) in [6.45, 7) is 10.4. The molecule has 1 aromatic carbocycles. The van der Waals surface area contributed by atoms with Gasteiger partial charge in [0.15, 0.2) is 0 Å². The van der Waals surface area contributed by atoms with Crippen molar-refractivity contribution in [1.82, 2.24) is 4.98 Å². The van der Waals surface area contributed by atoms with Crippen LogP contribution < -0.4 is 0 Å². The zero-order valence-corrected chi connectivity index (χ0v) is 28.1. The van der Waals surface area contributed by atoms with Crippen LogP contribution in [0.3, 0.4) is 0 Å². The number of carbonyl (C=O) groups is 3. The molecule has 0 bridgehead atoms. The van der Waals surface area contributed by atoms with E-state index in [0.717, 1.165) is 21.8 Å². The Morgan fingerprint density at radius 2 is 1.93 bits per heavy atom. The minimum atomic E-state index is -1.32. The highest BCUT2D eigenvalue weighted by molar-refractivity contribution is 7.09. The molecule has 0 saturated carbocycles. The fraction of sp³-hybridized carbons (Fsp3) is 0.529. The molecule has 0 unspecified atom stereocenters. The fourth-order valence-corrected chi connectivity index (χ4v) is 5.97. The van der Waals surface area contributed by atoms with Crippen LogP contribution in [0.2, 0.25) is 0 Å². The molecule has 0 aliphatic carbocycles. The van der Waals surface area contributed by atoms with E-state index in [1.54, 1.807) is 20.8 Å². The second kappa shape index (κ2) is 16.6. The standard InChI is InChI=1S/C34H44N4O7S/c1-20-8-7-9-24(18-44-33(43)25-11-13-26(14-12-25)37-38-35)10-15-28(21(2)16-27-19-46-23(4)36-27)45-30(40)17-29(39)34(5,6)32(42)22(3)31(20)41/h10-14,16,19-20,22,28-29,31,39,41H,7-9,15,17-18H2,1-6H3/b21-16+,24-10-/t20-,22+,28-,29-,31-/m0/s1. The van der Waals surface area contributed by atoms with E-state index in [2.05, 4.69) is 15.0 Å². The lowest BCUT2D eigenvalue weighted by Crippen LogP contribution is -2.45. The van der Waals surface area contributed by atoms with Crippen LogP contribution in [0.25, 0.3) is 16.5 Å². The lowest BCUT2D eigenvalue weighted by molar-refractivity contribution is -0.154. The lowest BCUT2D eigenvalue weighted by Gasteiger charge is -2.34. The predicted octanol–water partition coefficient (Wildman–Crippen LogP) is 7.05. The van der Waals surface area contributed by atoms with E-state index in [9.17, 15) is 24.6 Å². The number of aryl methyl sites for hydroxylation is 1. The van der Waals surface area contributed by atoms with E-state index in [-0.39, 0.29) is 24.7 Å². The summed E-state index contributed by atoms with van der Waals surface area (Å²) in [5.74, 6) is -2.52. The third-order valence-electron chi connectivity index (χ3n) is 8.56. The summed E-state index contributed by atoms with van der Waals surface area (Å²) in [6.07, 6.45) is 2.46. The number of aliphatic hydroxyl groups excluding tert-OH is 2. The lowest BCUT2D eigenvalue weighted by atomic mass is 9.73. The number of carbonyl (C=O) groups excluding carboxylic acids is 3. The van der Waals surface area contributed by atoms with Gasteiger partial charge in [0.05, 0.1) is 40.3 Å². The van der Waals surface area contributed by atoms with E-state index in [0.29, 0.717) is 30.5 Å². The Kier molecular flexibility index (Phi) is 13.3. The smallest absolute Gasteiger partial charge is 0.338 e. The second-order valence-electron chi connectivity index (χ2n) is 12.5. The zero-order chi connectivity index (χ0) is 34.0. The molecule has 2 N–H and O–H groups in total. The summed E-state index contributed by atoms with van der Waals surface area (Å²) < 4.78 is 11.5. The summed E-state index contributed by atoms with van der Waals surface area (Å²) in [5.41, 5.74) is 10.3. The van der Waals surface area contributed by atoms with Crippen LogP contribution in [0.1, 0.15) is 87.8 Å². The Labute approximate surface area is 274 Å². The first-order valence-corrected chi connectivity index (χ1v) is 16.3. The van der Waals surface area contributed by atoms with Gasteiger partial charge < -0.3 is 19.7 Å². The third kappa shape index (κ3) is 10.1. The molecule has 1 aliphatic heterocycles. The van der Waals surface area contributed by atoms with Gasteiger partial charge in [-0.2, -0.15) is 0 Å². The van der Waals surface area contributed by atoms with Gasteiger partial charge in [-0.05, 0) is 73.9 Å². The molecule has 46 heavy (non-hydrogen) atoms. The molecule has 0 radical (unpaired) electrons. The van der Waals surface area contributed by atoms with Crippen LogP contribution in [0, 0.1) is 24.2 Å². The van der Waals surface area contributed by atoms with Crippen LogP contribution >= 0.6 is 11.3 Å². The Bertz CT molecular complexity index is 1490. The highest BCUT2D eigenvalue weighted by atomic mass is 32.1. The number of azide groups is 1. The van der Waals surface area contributed by atoms with E-state index in [1.807, 2.05) is 38.3 Å². The number of rotatable bonds is 6. The van der Waals surface area contributed by atoms with Crippen molar-refractivity contribution in [1.29, 1.82) is 0 Å². The molecule has 3 rings (SSSR count). The number of nitrogens with zero attached hydrogens (tertiary/aromatic N) is 4. The molecule has 0 spiro atoms. The fourth-order valence-electron chi connectivity index (χ4n) is 5.40. The van der Waals surface area contributed by atoms with Crippen LogP contribution in [0.4, 0.5) is 5.69 Å². The summed E-state index contributed by atoms with van der Waals surface area (Å²) in [7, 11) is 0. The van der Waals surface area contributed by atoms with Crippen molar-refractivity contribution >= 4 is 40.8 Å². The maximum absolute atomic E-state index is 13.4. The number of benzene rings is 1. The van der Waals surface area contributed by atoms with Crippen molar-refractivity contribution in [2.24, 2.45) is 22.4 Å². The van der Waals surface area contributed by atoms with Crippen molar-refractivity contribution in [2.45, 2.75) is 92.0 Å². The first-order chi connectivity index (χ1) is 21.7. The molecule has 12 heteroatoms. The maximum Gasteiger partial charge on any atom is 0.338 e. The number of cyclic esters (lactones) is 1. The van der Waals surface area contributed by atoms with Crippen LogP contribution in [-0.2, 0) is 19.1 Å². The van der Waals surface area contributed by atoms with Gasteiger partial charge in [0.1, 0.15) is 18.5 Å². The largest absolute Gasteiger partial charge is 0.458 e. The van der Waals surface area contributed by atoms with Crippen LogP contribution in [-0.4, -0.2) is 57.8 Å². The van der Waals surface area contributed by atoms with E-state index < -0.39 is 48.0 Å². The second-order valence-corrected chi connectivity index (χ2v) is 13.6. The van der Waals surface area contributed by atoms with Gasteiger partial charge in [-0.25, -0.2) is 9.78 Å². The molecule has 2 aromatic rings. The van der Waals surface area contributed by atoms with E-state index >= 15 is 0 Å². The molecule has 0 saturated heterocycles. The number of ketones is 1. The van der Waals surface area contributed by atoms with Gasteiger partial charge in [0.25, 0.3) is 0 Å². The van der Waals surface area contributed by atoms with Crippen molar-refractivity contribution in [3.05, 3.63) is 73.6 Å². The minimum Gasteiger partial charge on any atom is -0.458 e. The molecular formula is C34H44N4O7S. The summed E-state index contributed by atoms with van der Waals surface area (Å²) >= 11 is 1.50. The quantitative estimate of drug-likeness (QED) is 0.110. The van der Waals surface area contributed by atoms with Gasteiger partial charge in [0, 0.05) is 28.3 Å². The number of ether oxygens (including phenoxy) is 2. The Balaban J connectivity index is 1.91. The predicted molar refractivity (Wildman–Crippen MR) is 176 cm³/mol. The molecule has 2 heterocycles. The van der Waals surface area contributed by atoms with Gasteiger partial charge in [-0.3, -0.25) is 9.59 Å². The van der Waals surface area contributed by atoms with Crippen LogP contribution in [0.15, 0.2) is 52.0 Å². The van der Waals surface area contributed by atoms with Crippen molar-refractivity contribution in [2.75, 3.05) is 6.61 Å². The summed E-state index contributed by atoms with van der Waals surface area (Å²) in [5, 5.41) is 28.4. The highest BCUT2D eigenvalue weighted by Gasteiger charge is 2.42. The monoisotopic (exact) mass is 652 g/mol. The van der Waals surface area contributed by atoms with Crippen LogP contribution in [0.5, 0.6) is 0 Å². The van der Waals surface area contributed by atoms with Crippen molar-refractivity contribution < 1.29 is 34.1 Å². The molecule has 1 aromatic heterocycles. The number of Topliss-reactive ketones (excluding diaryl/α,β-unsaturated/α-hetero) is 1. The van der Waals surface area contributed by atoms with Crippen molar-refractivity contribution in [3.63, 3.8) is 0 Å². The molecule has 0 fully saturated rings. The maximum atomic E-state index is 13.4. The number of thiazole rings is 1. The topological polar surface area (TPSA) is 172 Å². The first kappa shape index (κ1) is 36.6. The number of aromatic nitrogens is 1. The molecule has 0 amide bonds. The molecule has 248 valence electrons. The Hall–Kier alpha value is -3.83. The SMILES string of the molecule is C/C(=C\c1csc(C)n1)[C@@H]1C/C=C(\COC(=O)c2ccc(N=[N+]=[N-])cc2)CCC[C@H](C)[C@H](O)[C@@H](C)C(=O)C(C)(C)[C@@H](O)CC(=O)O1. The van der Waals surface area contributed by atoms with Gasteiger partial charge >= 0.3 is 11.9 Å². The van der Waals surface area contributed by atoms with Crippen molar-refractivity contribution in [3.8, 4) is 0 Å². The van der Waals surface area contributed by atoms with Gasteiger partial charge in [0.2, 0.25) is 0 Å². The summed E-state index contributed by atoms with van der Waals surface area (Å²) in [6, 6.07) is 6.09. The molecule has 1 aliphatic rings. The zero-order valence-electron chi connectivity index (χ0n) is 27.3. The van der Waals surface area contributed by atoms with E-state index in [1.165, 1.54) is 35.6 Å². The van der Waals surface area contributed by atoms with Gasteiger partial charge in [-0.1, -0.05) is 51.0 Å². The number of aliphatic hydroxyl groups is 2. The van der Waals surface area contributed by atoms with E-state index in [4.69, 9.17) is 15.0 Å². The average molecular weight is 653 g/mol. The number of hydrogen-bond donors (Lipinski definition) is 2. The number of hydrogen-bond acceptors (Lipinski definition) is 10. The van der Waals surface area contributed by atoms with Gasteiger partial charge in [-0.15, -0.1) is 11.3 Å². The first-order valence-electron chi connectivity index (χ1n) is 15.4. The summed E-state index contributed by atoms with van der Waals surface area (Å²) in [4.78, 5) is 46.6.